The molecule has 0 fully saturated rings. The van der Waals surface area contributed by atoms with Crippen LogP contribution in [0.15, 0.2) is 24.3 Å². The van der Waals surface area contributed by atoms with Gasteiger partial charge in [-0.15, -0.1) is 0 Å². The zero-order valence-electron chi connectivity index (χ0n) is 8.64. The van der Waals surface area contributed by atoms with Gasteiger partial charge in [-0.3, -0.25) is 4.79 Å². The molecule has 0 bridgehead atoms. The van der Waals surface area contributed by atoms with Crippen LogP contribution in [-0.4, -0.2) is 24.2 Å². The molecule has 4 nitrogen and oxygen atoms in total. The lowest BCUT2D eigenvalue weighted by atomic mass is 10.1. The summed E-state index contributed by atoms with van der Waals surface area (Å²) >= 11 is 0. The van der Waals surface area contributed by atoms with Crippen LogP contribution in [-0.2, 0) is 22.6 Å². The highest BCUT2D eigenvalue weighted by atomic mass is 16.5. The maximum atomic E-state index is 10.5. The van der Waals surface area contributed by atoms with Gasteiger partial charge in [0.05, 0.1) is 6.61 Å². The third-order valence-corrected chi connectivity index (χ3v) is 2.11. The lowest BCUT2D eigenvalue weighted by Gasteiger charge is -2.07. The van der Waals surface area contributed by atoms with E-state index < -0.39 is 12.0 Å². The molecule has 1 aromatic carbocycles. The van der Waals surface area contributed by atoms with Crippen molar-refractivity contribution in [2.45, 2.75) is 19.1 Å². The van der Waals surface area contributed by atoms with Crippen LogP contribution in [0.5, 0.6) is 0 Å². The quantitative estimate of drug-likeness (QED) is 0.752. The van der Waals surface area contributed by atoms with E-state index in [4.69, 9.17) is 15.6 Å². The van der Waals surface area contributed by atoms with Gasteiger partial charge in [-0.05, 0) is 17.5 Å². The van der Waals surface area contributed by atoms with Gasteiger partial charge in [-0.25, -0.2) is 0 Å². The van der Waals surface area contributed by atoms with Crippen molar-refractivity contribution in [1.82, 2.24) is 0 Å². The SMILES string of the molecule is COCc1ccc(C[C@@H](N)C(=O)O)cc1. The Kier molecular flexibility index (Phi) is 4.27. The molecule has 1 rings (SSSR count). The van der Waals surface area contributed by atoms with E-state index in [9.17, 15) is 4.79 Å². The molecular formula is C11H15NO3. The summed E-state index contributed by atoms with van der Waals surface area (Å²) in [7, 11) is 1.63. The molecule has 0 heterocycles. The molecule has 0 saturated carbocycles. The second-order valence-electron chi connectivity index (χ2n) is 3.40. The van der Waals surface area contributed by atoms with E-state index in [0.717, 1.165) is 11.1 Å². The van der Waals surface area contributed by atoms with Crippen LogP contribution in [0.4, 0.5) is 0 Å². The van der Waals surface area contributed by atoms with E-state index in [1.807, 2.05) is 24.3 Å². The Morgan fingerprint density at radius 1 is 1.40 bits per heavy atom. The van der Waals surface area contributed by atoms with E-state index in [1.165, 1.54) is 0 Å². The highest BCUT2D eigenvalue weighted by Gasteiger charge is 2.11. The van der Waals surface area contributed by atoms with Gasteiger partial charge in [0.15, 0.2) is 0 Å². The fraction of sp³-hybridized carbons (Fsp3) is 0.364. The second kappa shape index (κ2) is 5.48. The van der Waals surface area contributed by atoms with Gasteiger partial charge in [-0.2, -0.15) is 0 Å². The number of nitrogens with two attached hydrogens (primary N) is 1. The third-order valence-electron chi connectivity index (χ3n) is 2.11. The Balaban J connectivity index is 2.60. The lowest BCUT2D eigenvalue weighted by Crippen LogP contribution is -2.32. The summed E-state index contributed by atoms with van der Waals surface area (Å²) in [6.45, 7) is 0.561. The molecule has 4 heteroatoms. The van der Waals surface area contributed by atoms with Crippen molar-refractivity contribution >= 4 is 5.97 Å². The van der Waals surface area contributed by atoms with E-state index in [2.05, 4.69) is 0 Å². The molecule has 0 aliphatic rings. The first kappa shape index (κ1) is 11.7. The van der Waals surface area contributed by atoms with E-state index in [1.54, 1.807) is 7.11 Å². The molecule has 0 aliphatic carbocycles. The van der Waals surface area contributed by atoms with Crippen LogP contribution >= 0.6 is 0 Å². The van der Waals surface area contributed by atoms with E-state index in [0.29, 0.717) is 13.0 Å². The Bertz CT molecular complexity index is 321. The molecule has 0 aliphatic heterocycles. The normalized spacial score (nSPS) is 12.4. The summed E-state index contributed by atoms with van der Waals surface area (Å²) in [5.41, 5.74) is 7.40. The average molecular weight is 209 g/mol. The molecular weight excluding hydrogens is 194 g/mol. The zero-order valence-corrected chi connectivity index (χ0v) is 8.64. The van der Waals surface area contributed by atoms with Crippen LogP contribution < -0.4 is 5.73 Å². The number of carboxylic acids is 1. The van der Waals surface area contributed by atoms with E-state index >= 15 is 0 Å². The first-order chi connectivity index (χ1) is 7.13. The van der Waals surface area contributed by atoms with E-state index in [-0.39, 0.29) is 0 Å². The Morgan fingerprint density at radius 2 is 1.93 bits per heavy atom. The van der Waals surface area contributed by atoms with Crippen molar-refractivity contribution in [2.75, 3.05) is 7.11 Å². The van der Waals surface area contributed by atoms with Crippen molar-refractivity contribution in [1.29, 1.82) is 0 Å². The van der Waals surface area contributed by atoms with Crippen LogP contribution in [0.2, 0.25) is 0 Å². The monoisotopic (exact) mass is 209 g/mol. The molecule has 0 aromatic heterocycles. The van der Waals surface area contributed by atoms with Crippen molar-refractivity contribution in [2.24, 2.45) is 5.73 Å². The highest BCUT2D eigenvalue weighted by molar-refractivity contribution is 5.73. The second-order valence-corrected chi connectivity index (χ2v) is 3.40. The number of methoxy groups -OCH3 is 1. The highest BCUT2D eigenvalue weighted by Crippen LogP contribution is 2.07. The first-order valence-corrected chi connectivity index (χ1v) is 4.68. The molecule has 0 spiro atoms. The number of carbonyl (C=O) groups is 1. The summed E-state index contributed by atoms with van der Waals surface area (Å²) in [5, 5.41) is 8.64. The van der Waals surface area contributed by atoms with Gasteiger partial charge < -0.3 is 15.6 Å². The largest absolute Gasteiger partial charge is 0.480 e. The van der Waals surface area contributed by atoms with Crippen molar-refractivity contribution < 1.29 is 14.6 Å². The van der Waals surface area contributed by atoms with Gasteiger partial charge in [-0.1, -0.05) is 24.3 Å². The number of aliphatic carboxylic acids is 1. The van der Waals surface area contributed by atoms with Crippen molar-refractivity contribution in [3.63, 3.8) is 0 Å². The smallest absolute Gasteiger partial charge is 0.320 e. The molecule has 82 valence electrons. The number of hydrogen-bond donors (Lipinski definition) is 2. The van der Waals surface area contributed by atoms with Gasteiger partial charge in [0.2, 0.25) is 0 Å². The number of hydrogen-bond acceptors (Lipinski definition) is 3. The average Bonchev–Trinajstić information content (AvgIpc) is 2.21. The minimum atomic E-state index is -0.976. The summed E-state index contributed by atoms with van der Waals surface area (Å²) in [4.78, 5) is 10.5. The maximum absolute atomic E-state index is 10.5. The maximum Gasteiger partial charge on any atom is 0.320 e. The molecule has 0 amide bonds. The van der Waals surface area contributed by atoms with Gasteiger partial charge in [0.25, 0.3) is 0 Å². The molecule has 15 heavy (non-hydrogen) atoms. The molecule has 0 radical (unpaired) electrons. The summed E-state index contributed by atoms with van der Waals surface area (Å²) in [5.74, 6) is -0.976. The summed E-state index contributed by atoms with van der Waals surface area (Å²) in [6.07, 6.45) is 0.350. The van der Waals surface area contributed by atoms with Crippen LogP contribution in [0.1, 0.15) is 11.1 Å². The molecule has 1 atom stereocenters. The number of benzene rings is 1. The fourth-order valence-electron chi connectivity index (χ4n) is 1.28. The summed E-state index contributed by atoms with van der Waals surface area (Å²) in [6, 6.07) is 6.73. The zero-order chi connectivity index (χ0) is 11.3. The molecule has 0 unspecified atom stereocenters. The molecule has 3 N–H and O–H groups in total. The summed E-state index contributed by atoms with van der Waals surface area (Å²) < 4.78 is 4.97. The first-order valence-electron chi connectivity index (χ1n) is 4.68. The predicted octanol–water partition coefficient (Wildman–Crippen LogP) is 0.787. The topological polar surface area (TPSA) is 72.5 Å². The fourth-order valence-corrected chi connectivity index (χ4v) is 1.28. The van der Waals surface area contributed by atoms with Gasteiger partial charge in [0, 0.05) is 7.11 Å². The van der Waals surface area contributed by atoms with Crippen molar-refractivity contribution in [3.05, 3.63) is 35.4 Å². The Hall–Kier alpha value is -1.39. The van der Waals surface area contributed by atoms with Crippen LogP contribution in [0, 0.1) is 0 Å². The Morgan fingerprint density at radius 3 is 2.40 bits per heavy atom. The van der Waals surface area contributed by atoms with Crippen LogP contribution in [0.3, 0.4) is 0 Å². The van der Waals surface area contributed by atoms with Gasteiger partial charge in [0.1, 0.15) is 6.04 Å². The standard InChI is InChI=1S/C11H15NO3/c1-15-7-9-4-2-8(3-5-9)6-10(12)11(13)14/h2-5,10H,6-7,12H2,1H3,(H,13,14)/t10-/m1/s1. The number of rotatable bonds is 5. The number of ether oxygens (including phenoxy) is 1. The van der Waals surface area contributed by atoms with Crippen LogP contribution in [0.25, 0.3) is 0 Å². The Labute approximate surface area is 88.7 Å². The minimum Gasteiger partial charge on any atom is -0.480 e. The third kappa shape index (κ3) is 3.69. The minimum absolute atomic E-state index is 0.350. The lowest BCUT2D eigenvalue weighted by molar-refractivity contribution is -0.138. The molecule has 0 saturated heterocycles. The molecule has 1 aromatic rings. The predicted molar refractivity (Wildman–Crippen MR) is 56.5 cm³/mol. The van der Waals surface area contributed by atoms with Gasteiger partial charge >= 0.3 is 5.97 Å². The van der Waals surface area contributed by atoms with Crippen molar-refractivity contribution in [3.8, 4) is 0 Å². The number of carboxylic acid groups (broad SMARTS) is 1.